The molecule has 0 aliphatic rings. The van der Waals surface area contributed by atoms with Gasteiger partial charge in [0, 0.05) is 12.7 Å². The number of para-hydroxylation sites is 1. The Labute approximate surface area is 162 Å². The topological polar surface area (TPSA) is 64.0 Å². The zero-order chi connectivity index (χ0) is 19.6. The fourth-order valence-electron chi connectivity index (χ4n) is 2.92. The van der Waals surface area contributed by atoms with Crippen molar-refractivity contribution in [3.8, 4) is 0 Å². The number of nitrogens with zero attached hydrogens (tertiary/aromatic N) is 2. The fraction of sp³-hybridized carbons (Fsp3) is 0.286. The van der Waals surface area contributed by atoms with Gasteiger partial charge in [-0.05, 0) is 44.0 Å². The zero-order valence-electron chi connectivity index (χ0n) is 15.9. The lowest BCUT2D eigenvalue weighted by molar-refractivity contribution is -0.115. The fourth-order valence-corrected chi connectivity index (χ4v) is 3.90. The molecule has 1 amide bonds. The standard InChI is InChI=1S/C21H23N3O2S/c1-5-18(19(25)22-16-11-10-13(2)12-14(16)3)27-21-23-17-9-7-6-8-15(17)20(26)24(21)4/h6-12,18H,5H2,1-4H3,(H,22,25). The molecular formula is C21H23N3O2S. The summed E-state index contributed by atoms with van der Waals surface area (Å²) in [5.74, 6) is -0.0862. The summed E-state index contributed by atoms with van der Waals surface area (Å²) in [4.78, 5) is 30.0. The number of benzene rings is 2. The van der Waals surface area contributed by atoms with Crippen molar-refractivity contribution in [2.45, 2.75) is 37.6 Å². The van der Waals surface area contributed by atoms with E-state index in [9.17, 15) is 9.59 Å². The summed E-state index contributed by atoms with van der Waals surface area (Å²) in [7, 11) is 1.69. The predicted octanol–water partition coefficient (Wildman–Crippen LogP) is 4.06. The van der Waals surface area contributed by atoms with Crippen molar-refractivity contribution in [2.24, 2.45) is 7.05 Å². The lowest BCUT2D eigenvalue weighted by Crippen LogP contribution is -2.27. The van der Waals surface area contributed by atoms with Crippen molar-refractivity contribution >= 4 is 34.3 Å². The normalized spacial score (nSPS) is 12.1. The molecule has 2 aromatic carbocycles. The largest absolute Gasteiger partial charge is 0.325 e. The molecule has 1 atom stereocenters. The molecule has 140 valence electrons. The van der Waals surface area contributed by atoms with Gasteiger partial charge in [-0.25, -0.2) is 4.98 Å². The van der Waals surface area contributed by atoms with Crippen LogP contribution in [0.15, 0.2) is 52.4 Å². The second-order valence-corrected chi connectivity index (χ2v) is 7.77. The summed E-state index contributed by atoms with van der Waals surface area (Å²) >= 11 is 1.32. The van der Waals surface area contributed by atoms with Crippen LogP contribution in [-0.4, -0.2) is 20.7 Å². The van der Waals surface area contributed by atoms with Gasteiger partial charge in [-0.1, -0.05) is 48.5 Å². The molecule has 1 unspecified atom stereocenters. The Hall–Kier alpha value is -2.60. The summed E-state index contributed by atoms with van der Waals surface area (Å²) in [6, 6.07) is 13.2. The Morgan fingerprint density at radius 1 is 1.22 bits per heavy atom. The first-order chi connectivity index (χ1) is 12.9. The Morgan fingerprint density at radius 2 is 1.96 bits per heavy atom. The average Bonchev–Trinajstić information content (AvgIpc) is 2.65. The Balaban J connectivity index is 1.86. The van der Waals surface area contributed by atoms with Crippen molar-refractivity contribution in [1.82, 2.24) is 9.55 Å². The molecule has 1 N–H and O–H groups in total. The number of aryl methyl sites for hydroxylation is 2. The van der Waals surface area contributed by atoms with E-state index in [2.05, 4.69) is 10.3 Å². The zero-order valence-corrected chi connectivity index (χ0v) is 16.8. The van der Waals surface area contributed by atoms with E-state index in [1.165, 1.54) is 16.3 Å². The lowest BCUT2D eigenvalue weighted by atomic mass is 10.1. The number of aromatic nitrogens is 2. The van der Waals surface area contributed by atoms with Crippen LogP contribution in [0.2, 0.25) is 0 Å². The first-order valence-corrected chi connectivity index (χ1v) is 9.79. The number of carbonyl (C=O) groups excluding carboxylic acids is 1. The average molecular weight is 382 g/mol. The van der Waals surface area contributed by atoms with Gasteiger partial charge in [-0.15, -0.1) is 0 Å². The molecule has 1 heterocycles. The molecule has 0 spiro atoms. The maximum Gasteiger partial charge on any atom is 0.261 e. The van der Waals surface area contributed by atoms with Gasteiger partial charge in [0.2, 0.25) is 5.91 Å². The molecule has 0 saturated heterocycles. The monoisotopic (exact) mass is 381 g/mol. The summed E-state index contributed by atoms with van der Waals surface area (Å²) in [5, 5.41) is 3.79. The van der Waals surface area contributed by atoms with Gasteiger partial charge in [-0.2, -0.15) is 0 Å². The number of hydrogen-bond acceptors (Lipinski definition) is 4. The van der Waals surface area contributed by atoms with E-state index in [-0.39, 0.29) is 16.7 Å². The van der Waals surface area contributed by atoms with E-state index in [4.69, 9.17) is 0 Å². The van der Waals surface area contributed by atoms with E-state index < -0.39 is 0 Å². The maximum atomic E-state index is 12.8. The summed E-state index contributed by atoms with van der Waals surface area (Å²) in [6.45, 7) is 5.96. The highest BCUT2D eigenvalue weighted by molar-refractivity contribution is 8.00. The van der Waals surface area contributed by atoms with Crippen LogP contribution in [0.5, 0.6) is 0 Å². The van der Waals surface area contributed by atoms with E-state index >= 15 is 0 Å². The first kappa shape index (κ1) is 19.2. The van der Waals surface area contributed by atoms with Gasteiger partial charge in [0.15, 0.2) is 5.16 Å². The molecule has 0 aliphatic heterocycles. The number of thioether (sulfide) groups is 1. The third kappa shape index (κ3) is 4.06. The minimum absolute atomic E-state index is 0.0862. The number of nitrogens with one attached hydrogen (secondary N) is 1. The molecule has 3 rings (SSSR count). The number of anilines is 1. The van der Waals surface area contributed by atoms with E-state index in [1.807, 2.05) is 57.2 Å². The van der Waals surface area contributed by atoms with Gasteiger partial charge < -0.3 is 5.32 Å². The van der Waals surface area contributed by atoms with Crippen molar-refractivity contribution in [1.29, 1.82) is 0 Å². The molecule has 1 aromatic heterocycles. The van der Waals surface area contributed by atoms with Crippen molar-refractivity contribution < 1.29 is 4.79 Å². The highest BCUT2D eigenvalue weighted by Crippen LogP contribution is 2.26. The highest BCUT2D eigenvalue weighted by Gasteiger charge is 2.21. The molecule has 0 saturated carbocycles. The molecule has 0 bridgehead atoms. The van der Waals surface area contributed by atoms with E-state index in [1.54, 1.807) is 13.1 Å². The number of hydrogen-bond donors (Lipinski definition) is 1. The minimum atomic E-state index is -0.343. The van der Waals surface area contributed by atoms with Crippen LogP contribution in [0.1, 0.15) is 24.5 Å². The van der Waals surface area contributed by atoms with Gasteiger partial charge >= 0.3 is 0 Å². The smallest absolute Gasteiger partial charge is 0.261 e. The van der Waals surface area contributed by atoms with Crippen molar-refractivity contribution in [2.75, 3.05) is 5.32 Å². The van der Waals surface area contributed by atoms with Gasteiger partial charge in [0.05, 0.1) is 16.2 Å². The Morgan fingerprint density at radius 3 is 2.67 bits per heavy atom. The van der Waals surface area contributed by atoms with Crippen LogP contribution in [0.25, 0.3) is 10.9 Å². The van der Waals surface area contributed by atoms with Crippen LogP contribution in [0, 0.1) is 13.8 Å². The lowest BCUT2D eigenvalue weighted by Gasteiger charge is -2.17. The van der Waals surface area contributed by atoms with Crippen LogP contribution in [-0.2, 0) is 11.8 Å². The molecule has 3 aromatic rings. The molecule has 5 nitrogen and oxygen atoms in total. The third-order valence-electron chi connectivity index (χ3n) is 4.49. The minimum Gasteiger partial charge on any atom is -0.325 e. The molecular weight excluding hydrogens is 358 g/mol. The number of amides is 1. The number of carbonyl (C=O) groups is 1. The quantitative estimate of drug-likeness (QED) is 0.535. The van der Waals surface area contributed by atoms with Gasteiger partial charge in [-0.3, -0.25) is 14.2 Å². The molecule has 0 fully saturated rings. The molecule has 27 heavy (non-hydrogen) atoms. The first-order valence-electron chi connectivity index (χ1n) is 8.91. The van der Waals surface area contributed by atoms with Gasteiger partial charge in [0.1, 0.15) is 0 Å². The Bertz CT molecular complexity index is 1060. The molecule has 0 aliphatic carbocycles. The summed E-state index contributed by atoms with van der Waals surface area (Å²) < 4.78 is 1.51. The van der Waals surface area contributed by atoms with Crippen LogP contribution < -0.4 is 10.9 Å². The second-order valence-electron chi connectivity index (χ2n) is 6.60. The third-order valence-corrected chi connectivity index (χ3v) is 5.90. The van der Waals surface area contributed by atoms with Crippen LogP contribution >= 0.6 is 11.8 Å². The predicted molar refractivity (Wildman–Crippen MR) is 111 cm³/mol. The molecule has 0 radical (unpaired) electrons. The number of rotatable bonds is 5. The number of fused-ring (bicyclic) bond motifs is 1. The van der Waals surface area contributed by atoms with Crippen LogP contribution in [0.4, 0.5) is 5.69 Å². The second kappa shape index (κ2) is 7.96. The SMILES string of the molecule is CCC(Sc1nc2ccccc2c(=O)n1C)C(=O)Nc1ccc(C)cc1C. The summed E-state index contributed by atoms with van der Waals surface area (Å²) in [6.07, 6.45) is 0.629. The Kier molecular flexibility index (Phi) is 5.65. The van der Waals surface area contributed by atoms with Crippen molar-refractivity contribution in [3.63, 3.8) is 0 Å². The van der Waals surface area contributed by atoms with Gasteiger partial charge in [0.25, 0.3) is 5.56 Å². The molecule has 6 heteroatoms. The maximum absolute atomic E-state index is 12.8. The summed E-state index contributed by atoms with van der Waals surface area (Å²) in [5.41, 5.74) is 3.53. The van der Waals surface area contributed by atoms with Crippen molar-refractivity contribution in [3.05, 3.63) is 63.9 Å². The highest BCUT2D eigenvalue weighted by atomic mass is 32.2. The van der Waals surface area contributed by atoms with E-state index in [0.29, 0.717) is 22.5 Å². The van der Waals surface area contributed by atoms with Crippen LogP contribution in [0.3, 0.4) is 0 Å². The van der Waals surface area contributed by atoms with E-state index in [0.717, 1.165) is 16.8 Å².